The third-order valence-corrected chi connectivity index (χ3v) is 36.7. The highest BCUT2D eigenvalue weighted by atomic mass is 79.9. The van der Waals surface area contributed by atoms with E-state index < -0.39 is 46.0 Å². The fourth-order valence-corrected chi connectivity index (χ4v) is 29.8. The van der Waals surface area contributed by atoms with Crippen molar-refractivity contribution in [2.75, 3.05) is 57.1 Å². The minimum absolute atomic E-state index is 0.0239. The van der Waals surface area contributed by atoms with Gasteiger partial charge >= 0.3 is 23.9 Å². The van der Waals surface area contributed by atoms with Crippen molar-refractivity contribution in [2.24, 2.45) is 47.3 Å². The molecule has 8 aromatic carbocycles. The summed E-state index contributed by atoms with van der Waals surface area (Å²) in [4.78, 5) is 95.8. The van der Waals surface area contributed by atoms with Crippen LogP contribution in [0.4, 0.5) is 28.4 Å². The summed E-state index contributed by atoms with van der Waals surface area (Å²) in [5.41, 5.74) is 26.0. The van der Waals surface area contributed by atoms with Crippen molar-refractivity contribution < 1.29 is 62.3 Å². The number of thiazole rings is 1. The Morgan fingerprint density at radius 2 is 0.918 bits per heavy atom. The summed E-state index contributed by atoms with van der Waals surface area (Å²) >= 11 is 17.6. The quantitative estimate of drug-likeness (QED) is 0.0411. The van der Waals surface area contributed by atoms with Gasteiger partial charge in [-0.05, 0) is 299 Å². The number of sulfonamides is 1. The molecule has 0 radical (unpaired) electrons. The second-order valence-corrected chi connectivity index (χ2v) is 46.8. The van der Waals surface area contributed by atoms with Crippen molar-refractivity contribution in [1.29, 1.82) is 0 Å². The van der Waals surface area contributed by atoms with E-state index in [4.69, 9.17) is 27.9 Å². The molecule has 10 heterocycles. The molecule has 0 fully saturated rings. The summed E-state index contributed by atoms with van der Waals surface area (Å²) in [6.07, 6.45) is 50.2. The fourth-order valence-electron chi connectivity index (χ4n) is 26.9. The molecule has 8 aliphatic carbocycles. The van der Waals surface area contributed by atoms with Crippen LogP contribution < -0.4 is 43.8 Å². The molecule has 8 aliphatic heterocycles. The summed E-state index contributed by atoms with van der Waals surface area (Å²) in [5.74, 6) is 2.97. The van der Waals surface area contributed by atoms with Crippen molar-refractivity contribution in [1.82, 2.24) is 9.55 Å². The number of aromatic amines is 1. The molecule has 26 heteroatoms. The molecule has 10 aromatic rings. The average Bonchev–Trinajstić information content (AvgIpc) is 1.60. The van der Waals surface area contributed by atoms with E-state index in [0.29, 0.717) is 86.1 Å². The van der Waals surface area contributed by atoms with Crippen LogP contribution in [-0.4, -0.2) is 131 Å². The van der Waals surface area contributed by atoms with Gasteiger partial charge in [0.25, 0.3) is 15.6 Å². The number of aliphatic carboxylic acids is 4. The lowest BCUT2D eigenvalue weighted by Gasteiger charge is -2.50. The number of nitrogens with one attached hydrogen (secondary N) is 2. The van der Waals surface area contributed by atoms with Gasteiger partial charge < -0.3 is 54.3 Å². The van der Waals surface area contributed by atoms with Crippen LogP contribution in [0.5, 0.6) is 5.75 Å². The average molecular weight is 2110 g/mol. The first-order valence-corrected chi connectivity index (χ1v) is 55.2. The zero-order chi connectivity index (χ0) is 103. The zero-order valence-electron chi connectivity index (χ0n) is 83.3. The molecule has 2 aromatic heterocycles. The Morgan fingerprint density at radius 3 is 1.43 bits per heavy atom. The number of carboxylic acid groups (broad SMARTS) is 4. The van der Waals surface area contributed by atoms with Crippen molar-refractivity contribution in [3.63, 3.8) is 0 Å². The number of hydrogen-bond donors (Lipinski definition) is 6. The summed E-state index contributed by atoms with van der Waals surface area (Å²) in [6.45, 7) is 19.6. The van der Waals surface area contributed by atoms with E-state index in [-0.39, 0.29) is 81.4 Å². The fraction of sp³-hybridized carbons (Fsp3) is 0.347. The Morgan fingerprint density at radius 1 is 0.469 bits per heavy atom. The van der Waals surface area contributed by atoms with Gasteiger partial charge in [0.05, 0.1) is 25.7 Å². The van der Waals surface area contributed by atoms with Crippen LogP contribution in [0.15, 0.2) is 257 Å². The Balaban J connectivity index is 0.000000104. The summed E-state index contributed by atoms with van der Waals surface area (Å²) in [7, 11) is -3.78. The molecular weight excluding hydrogens is 1990 g/mol. The van der Waals surface area contributed by atoms with Gasteiger partial charge in [0.2, 0.25) is 0 Å². The predicted octanol–water partition coefficient (Wildman–Crippen LogP) is 23.3. The number of benzene rings is 8. The Labute approximate surface area is 879 Å². The second kappa shape index (κ2) is 40.7. The lowest BCUT2D eigenvalue weighted by atomic mass is 9.70. The molecule has 0 spiro atoms. The number of H-pyrrole nitrogens is 1. The summed E-state index contributed by atoms with van der Waals surface area (Å²) in [5, 5.41) is 40.9. The van der Waals surface area contributed by atoms with E-state index in [0.717, 1.165) is 121 Å². The Bertz CT molecular complexity index is 7250. The van der Waals surface area contributed by atoms with E-state index in [1.54, 1.807) is 37.3 Å². The van der Waals surface area contributed by atoms with Crippen LogP contribution in [0.3, 0.4) is 0 Å². The summed E-state index contributed by atoms with van der Waals surface area (Å²) < 4.78 is 37.4. The highest BCUT2D eigenvalue weighted by Gasteiger charge is 2.56. The lowest BCUT2D eigenvalue weighted by molar-refractivity contribution is -0.141. The molecule has 20 atom stereocenters. The molecular formula is C121H120BrCl2N7O14S2. The number of ether oxygens (including phenoxy) is 1. The number of nitrogens with zero attached hydrogens (tertiary/aromatic N) is 5. The van der Waals surface area contributed by atoms with Gasteiger partial charge in [0.1, 0.15) is 29.9 Å². The third-order valence-electron chi connectivity index (χ3n) is 33.4. The van der Waals surface area contributed by atoms with Gasteiger partial charge in [-0.15, -0.1) is 11.3 Å². The number of anilines is 5. The van der Waals surface area contributed by atoms with Crippen LogP contribution in [-0.2, 0) is 29.2 Å². The first kappa shape index (κ1) is 100. The van der Waals surface area contributed by atoms with Crippen LogP contribution in [0, 0.1) is 82.0 Å². The minimum Gasteiger partial charge on any atom is -0.492 e. The molecule has 26 rings (SSSR count). The number of carboxylic acids is 4. The van der Waals surface area contributed by atoms with Gasteiger partial charge in [0.15, 0.2) is 11.6 Å². The first-order chi connectivity index (χ1) is 70.8. The van der Waals surface area contributed by atoms with E-state index in [2.05, 4.69) is 238 Å². The minimum atomic E-state index is -3.78. The number of fused-ring (bicyclic) bond motifs is 16. The first-order valence-electron chi connectivity index (χ1n) is 51.4. The number of ketones is 2. The number of aromatic nitrogens is 2. The van der Waals surface area contributed by atoms with Crippen LogP contribution in [0.1, 0.15) is 230 Å². The van der Waals surface area contributed by atoms with Crippen molar-refractivity contribution in [3.8, 4) is 11.4 Å². The molecule has 0 amide bonds. The lowest BCUT2D eigenvalue weighted by Crippen LogP contribution is -2.54. The number of carbonyl (C=O) groups is 6. The maximum atomic E-state index is 12.5. The van der Waals surface area contributed by atoms with Crippen LogP contribution >= 0.6 is 50.5 Å². The monoisotopic (exact) mass is 2110 g/mol. The van der Waals surface area contributed by atoms with Crippen molar-refractivity contribution >= 4 is 137 Å². The predicted molar refractivity (Wildman–Crippen MR) is 585 cm³/mol. The molecule has 0 saturated carbocycles. The van der Waals surface area contributed by atoms with Crippen LogP contribution in [0.2, 0.25) is 10.0 Å². The van der Waals surface area contributed by atoms with E-state index >= 15 is 0 Å². The Kier molecular flexibility index (Phi) is 27.7. The Hall–Kier alpha value is -12.8. The number of Topliss-reactive ketones (excluding diaryl/α,β-unsaturated/α-hetero) is 2. The maximum absolute atomic E-state index is 12.5. The normalized spacial score (nSPS) is 26.9. The molecule has 21 nitrogen and oxygen atoms in total. The number of carbonyl (C=O) groups excluding carboxylic acids is 2. The highest BCUT2D eigenvalue weighted by Crippen LogP contribution is 2.62. The summed E-state index contributed by atoms with van der Waals surface area (Å²) in [6, 6.07) is 41.9. The van der Waals surface area contributed by atoms with Gasteiger partial charge in [-0.3, -0.25) is 19.1 Å². The van der Waals surface area contributed by atoms with Crippen molar-refractivity contribution in [3.05, 3.63) is 372 Å². The third kappa shape index (κ3) is 18.7. The molecule has 0 bridgehead atoms. The van der Waals surface area contributed by atoms with Crippen molar-refractivity contribution in [2.45, 2.75) is 190 Å². The van der Waals surface area contributed by atoms with Gasteiger partial charge in [-0.2, -0.15) is 0 Å². The SMILES string of the molecule is CC(=O)c1cccc(-n2cccc2/C=c2\s/c(=C\c3ccc(C)c(C)c3)[nH]c2=O)c1.CCCOc1cc(S(=O)(=O)Nc2ccc(C(C)=O)cc2)ccc1Cl.Cc1cc(C)c2c3c1C1C=CCC1CN3C(C(=O)O)C1CC=CC21.Cc1cc2c3c(c1)C1C=CCC1C(C(=O)O)N3CC1CC=CC21.O=C(O)C1C2CC=CC2c2cc(Br)cc3c2N1CC1CC=CC31.O=C(O)C1C2CC=CC2c2cc(Cl)cc3c2N1CC1CC=CC31. The van der Waals surface area contributed by atoms with E-state index in [1.165, 1.54) is 126 Å². The smallest absolute Gasteiger partial charge is 0.326 e. The molecule has 756 valence electrons. The van der Waals surface area contributed by atoms with Gasteiger partial charge in [0, 0.05) is 170 Å². The number of halogens is 3. The van der Waals surface area contributed by atoms with Gasteiger partial charge in [-0.1, -0.05) is 197 Å². The topological polar surface area (TPSA) is 289 Å². The number of rotatable bonds is 15. The molecule has 20 unspecified atom stereocenters. The zero-order valence-corrected chi connectivity index (χ0v) is 88.0. The van der Waals surface area contributed by atoms with Crippen LogP contribution in [0.25, 0.3) is 17.8 Å². The molecule has 147 heavy (non-hydrogen) atoms. The number of hydrogen-bond acceptors (Lipinski definition) is 15. The molecule has 0 saturated heterocycles. The standard InChI is InChI=1S/C25H22N2O2S.C21H23NO2.C20H21NO2.C19H18BrNO2.C19H18ClNO2.C17H18ClNO4S/c1-16-9-10-19(12-17(16)2)13-24-26-25(29)23(30-24)15-22-8-5-11-27(22)21-7-4-6-20(14-21)18(3)28;1-11-9-12(2)18-15-7-4-8-16(15)19(21(23)24)22-10-13-5-3-6-14(13)17(11)20(18)22;1-11-8-16-13-5-2-4-12(13)10-21-18(16)17(9-11)14-6-3-7-15(14)19(21)20(22)23;2*20-11-7-15-12-4-1-3-10(12)9-21-17(15)16(8-11)13-5-2-6-14(13)18(21)19(22)23;1-3-10-23-17-11-15(8-9-16(17)18)24(21,22)19-14-6-4-13(5-7-14)12(2)20/h4-15H,1-3H3,(H,26,29);3-4,6-7,9,13-16,19H,5,8,10H2,1-2H3,(H,23,24);2-3,5-6,8-9,12-15,19H,4,7,10H2,1H3,(H,22,23);2*1-2,4-5,7-8,10,12-14,18H,3,6,9H2,(H,22,23);4-9,11,19H,3,10H2,1-2H3/b23-15-,24-13-;;;;;. The highest BCUT2D eigenvalue weighted by molar-refractivity contribution is 9.10. The van der Waals surface area contributed by atoms with E-state index in [9.17, 15) is 62.4 Å². The van der Waals surface area contributed by atoms with Gasteiger partial charge in [-0.25, -0.2) is 27.6 Å². The number of allylic oxidation sites excluding steroid dienone is 16. The number of aryl methyl sites for hydroxylation is 5. The maximum Gasteiger partial charge on any atom is 0.326 e. The molecule has 6 N–H and O–H groups in total. The van der Waals surface area contributed by atoms with E-state index in [1.807, 2.05) is 60.2 Å². The second-order valence-electron chi connectivity index (χ2n) is 42.3. The largest absolute Gasteiger partial charge is 0.492 e. The molecule has 16 aliphatic rings.